The molecule has 4 heteroatoms. The van der Waals surface area contributed by atoms with Crippen molar-refractivity contribution in [1.29, 1.82) is 0 Å². The van der Waals surface area contributed by atoms with E-state index in [0.29, 0.717) is 17.9 Å². The molecule has 0 saturated carbocycles. The fourth-order valence-corrected chi connectivity index (χ4v) is 2.45. The van der Waals surface area contributed by atoms with Crippen molar-refractivity contribution in [1.82, 2.24) is 0 Å². The van der Waals surface area contributed by atoms with Crippen molar-refractivity contribution in [3.8, 4) is 11.5 Å². The van der Waals surface area contributed by atoms with Gasteiger partial charge in [0, 0.05) is 6.07 Å². The number of rotatable bonds is 5. The lowest BCUT2D eigenvalue weighted by Crippen LogP contribution is -2.02. The molecule has 0 aliphatic rings. The van der Waals surface area contributed by atoms with Crippen LogP contribution in [-0.2, 0) is 6.61 Å². The Morgan fingerprint density at radius 2 is 1.85 bits per heavy atom. The Kier molecular flexibility index (Phi) is 5.00. The molecule has 0 heterocycles. The monoisotopic (exact) mass is 382 g/mol. The van der Waals surface area contributed by atoms with E-state index in [1.807, 2.05) is 30.3 Å². The summed E-state index contributed by atoms with van der Waals surface area (Å²) < 4.78 is 11.9. The third kappa shape index (κ3) is 3.50. The van der Waals surface area contributed by atoms with Gasteiger partial charge >= 0.3 is 0 Å². The van der Waals surface area contributed by atoms with Crippen LogP contribution >= 0.6 is 22.6 Å². The molecule has 0 aliphatic heterocycles. The van der Waals surface area contributed by atoms with Gasteiger partial charge in [-0.1, -0.05) is 30.3 Å². The number of ketones is 1. The van der Waals surface area contributed by atoms with Crippen LogP contribution in [0, 0.1) is 3.57 Å². The number of benzene rings is 2. The lowest BCUT2D eigenvalue weighted by molar-refractivity contribution is 0.101. The van der Waals surface area contributed by atoms with E-state index in [2.05, 4.69) is 22.6 Å². The first kappa shape index (κ1) is 14.8. The maximum atomic E-state index is 11.5. The van der Waals surface area contributed by atoms with Crippen LogP contribution in [0.25, 0.3) is 0 Å². The smallest absolute Gasteiger partial charge is 0.163 e. The summed E-state index contributed by atoms with van der Waals surface area (Å²) in [5, 5.41) is 0. The summed E-state index contributed by atoms with van der Waals surface area (Å²) in [6.45, 7) is 2.01. The van der Waals surface area contributed by atoms with E-state index in [4.69, 9.17) is 9.47 Å². The Morgan fingerprint density at radius 1 is 1.15 bits per heavy atom. The van der Waals surface area contributed by atoms with Crippen LogP contribution in [0.2, 0.25) is 0 Å². The molecule has 0 amide bonds. The van der Waals surface area contributed by atoms with E-state index in [1.165, 1.54) is 6.92 Å². The van der Waals surface area contributed by atoms with Gasteiger partial charge in [-0.25, -0.2) is 0 Å². The molecule has 0 unspecified atom stereocenters. The third-order valence-electron chi connectivity index (χ3n) is 2.87. The number of carbonyl (C=O) groups is 1. The number of halogens is 1. The standard InChI is InChI=1S/C16H15IO3/c1-11(18)13-8-14(17)16(9-15(13)19-2)20-10-12-6-4-3-5-7-12/h3-9H,10H2,1-2H3. The van der Waals surface area contributed by atoms with E-state index in [0.717, 1.165) is 14.9 Å². The Bertz CT molecular complexity index is 609. The number of methoxy groups -OCH3 is 1. The summed E-state index contributed by atoms with van der Waals surface area (Å²) in [5.41, 5.74) is 1.67. The van der Waals surface area contributed by atoms with Gasteiger partial charge in [0.1, 0.15) is 18.1 Å². The van der Waals surface area contributed by atoms with Crippen molar-refractivity contribution >= 4 is 28.4 Å². The fraction of sp³-hybridized carbons (Fsp3) is 0.188. The van der Waals surface area contributed by atoms with Gasteiger partial charge < -0.3 is 9.47 Å². The minimum atomic E-state index is -0.0191. The number of ether oxygens (including phenoxy) is 2. The molecule has 2 aromatic rings. The highest BCUT2D eigenvalue weighted by atomic mass is 127. The van der Waals surface area contributed by atoms with Crippen LogP contribution in [0.4, 0.5) is 0 Å². The predicted octanol–water partition coefficient (Wildman–Crippen LogP) is 4.08. The Labute approximate surface area is 132 Å². The number of carbonyl (C=O) groups excluding carboxylic acids is 1. The molecule has 0 bridgehead atoms. The highest BCUT2D eigenvalue weighted by Crippen LogP contribution is 2.31. The summed E-state index contributed by atoms with van der Waals surface area (Å²) in [5.74, 6) is 1.24. The van der Waals surface area contributed by atoms with Gasteiger partial charge in [-0.2, -0.15) is 0 Å². The Balaban J connectivity index is 2.22. The molecule has 2 aromatic carbocycles. The van der Waals surface area contributed by atoms with Gasteiger partial charge in [0.2, 0.25) is 0 Å². The molecule has 0 atom stereocenters. The minimum absolute atomic E-state index is 0.0191. The van der Waals surface area contributed by atoms with E-state index >= 15 is 0 Å². The van der Waals surface area contributed by atoms with Gasteiger partial charge in [-0.15, -0.1) is 0 Å². The fourth-order valence-electron chi connectivity index (χ4n) is 1.82. The average molecular weight is 382 g/mol. The zero-order valence-electron chi connectivity index (χ0n) is 11.4. The number of Topliss-reactive ketones (excluding diaryl/α,β-unsaturated/α-hetero) is 1. The molecular formula is C16H15IO3. The first-order valence-corrected chi connectivity index (χ1v) is 7.25. The Hall–Kier alpha value is -1.56. The van der Waals surface area contributed by atoms with Crippen molar-refractivity contribution in [2.24, 2.45) is 0 Å². The molecule has 20 heavy (non-hydrogen) atoms. The maximum absolute atomic E-state index is 11.5. The first-order valence-electron chi connectivity index (χ1n) is 6.17. The van der Waals surface area contributed by atoms with Gasteiger partial charge in [-0.05, 0) is 41.1 Å². The molecule has 0 fully saturated rings. The average Bonchev–Trinajstić information content (AvgIpc) is 2.46. The first-order chi connectivity index (χ1) is 9.61. The van der Waals surface area contributed by atoms with Crippen molar-refractivity contribution in [2.75, 3.05) is 7.11 Å². The van der Waals surface area contributed by atoms with Crippen molar-refractivity contribution < 1.29 is 14.3 Å². The molecule has 0 saturated heterocycles. The maximum Gasteiger partial charge on any atom is 0.163 e. The van der Waals surface area contributed by atoms with E-state index in [1.54, 1.807) is 19.2 Å². The molecule has 2 rings (SSSR count). The highest BCUT2D eigenvalue weighted by molar-refractivity contribution is 14.1. The molecule has 104 valence electrons. The molecule has 0 spiro atoms. The van der Waals surface area contributed by atoms with Gasteiger partial charge in [0.25, 0.3) is 0 Å². The zero-order valence-corrected chi connectivity index (χ0v) is 13.5. The van der Waals surface area contributed by atoms with Gasteiger partial charge in [0.05, 0.1) is 16.2 Å². The summed E-state index contributed by atoms with van der Waals surface area (Å²) in [6.07, 6.45) is 0. The van der Waals surface area contributed by atoms with Crippen LogP contribution in [-0.4, -0.2) is 12.9 Å². The Morgan fingerprint density at radius 3 is 2.45 bits per heavy atom. The summed E-state index contributed by atoms with van der Waals surface area (Å²) in [4.78, 5) is 11.5. The van der Waals surface area contributed by atoms with Crippen LogP contribution in [0.1, 0.15) is 22.8 Å². The lowest BCUT2D eigenvalue weighted by atomic mass is 10.1. The summed E-state index contributed by atoms with van der Waals surface area (Å²) in [7, 11) is 1.55. The molecular weight excluding hydrogens is 367 g/mol. The summed E-state index contributed by atoms with van der Waals surface area (Å²) in [6, 6.07) is 13.5. The normalized spacial score (nSPS) is 10.2. The minimum Gasteiger partial charge on any atom is -0.496 e. The SMILES string of the molecule is COc1cc(OCc2ccccc2)c(I)cc1C(C)=O. The highest BCUT2D eigenvalue weighted by Gasteiger charge is 2.13. The van der Waals surface area contributed by atoms with Crippen LogP contribution in [0.15, 0.2) is 42.5 Å². The second-order valence-electron chi connectivity index (χ2n) is 4.31. The van der Waals surface area contributed by atoms with E-state index in [-0.39, 0.29) is 5.78 Å². The molecule has 0 radical (unpaired) electrons. The second-order valence-corrected chi connectivity index (χ2v) is 5.48. The molecule has 0 N–H and O–H groups in total. The quantitative estimate of drug-likeness (QED) is 0.578. The van der Waals surface area contributed by atoms with E-state index < -0.39 is 0 Å². The predicted molar refractivity (Wildman–Crippen MR) is 86.5 cm³/mol. The zero-order chi connectivity index (χ0) is 14.5. The van der Waals surface area contributed by atoms with Crippen LogP contribution in [0.3, 0.4) is 0 Å². The van der Waals surface area contributed by atoms with Crippen molar-refractivity contribution in [3.05, 3.63) is 57.2 Å². The largest absolute Gasteiger partial charge is 0.496 e. The summed E-state index contributed by atoms with van der Waals surface area (Å²) >= 11 is 2.16. The second kappa shape index (κ2) is 6.74. The van der Waals surface area contributed by atoms with Gasteiger partial charge in [-0.3, -0.25) is 4.79 Å². The molecule has 0 aliphatic carbocycles. The van der Waals surface area contributed by atoms with E-state index in [9.17, 15) is 4.79 Å². The third-order valence-corrected chi connectivity index (χ3v) is 3.71. The lowest BCUT2D eigenvalue weighted by Gasteiger charge is -2.12. The van der Waals surface area contributed by atoms with Crippen molar-refractivity contribution in [2.45, 2.75) is 13.5 Å². The topological polar surface area (TPSA) is 35.5 Å². The number of hydrogen-bond donors (Lipinski definition) is 0. The van der Waals surface area contributed by atoms with Crippen LogP contribution in [0.5, 0.6) is 11.5 Å². The molecule has 3 nitrogen and oxygen atoms in total. The van der Waals surface area contributed by atoms with Gasteiger partial charge in [0.15, 0.2) is 5.78 Å². The van der Waals surface area contributed by atoms with Crippen molar-refractivity contribution in [3.63, 3.8) is 0 Å². The van der Waals surface area contributed by atoms with Crippen LogP contribution < -0.4 is 9.47 Å². The number of hydrogen-bond acceptors (Lipinski definition) is 3. The molecule has 0 aromatic heterocycles.